The maximum atomic E-state index is 12.5. The van der Waals surface area contributed by atoms with E-state index in [4.69, 9.17) is 14.9 Å². The summed E-state index contributed by atoms with van der Waals surface area (Å²) in [5.41, 5.74) is 6.03. The van der Waals surface area contributed by atoms with E-state index < -0.39 is 16.1 Å². The molecule has 7 heteroatoms. The van der Waals surface area contributed by atoms with Gasteiger partial charge in [0.1, 0.15) is 17.6 Å². The summed E-state index contributed by atoms with van der Waals surface area (Å²) in [7, 11) is -2.21. The second-order valence-electron chi connectivity index (χ2n) is 4.86. The Balaban J connectivity index is 2.26. The molecule has 0 aliphatic heterocycles. The van der Waals surface area contributed by atoms with Crippen molar-refractivity contribution in [2.75, 3.05) is 19.5 Å². The summed E-state index contributed by atoms with van der Waals surface area (Å²) in [5, 5.41) is 0. The van der Waals surface area contributed by atoms with Crippen LogP contribution in [0.25, 0.3) is 0 Å². The van der Waals surface area contributed by atoms with E-state index in [1.54, 1.807) is 18.2 Å². The Bertz CT molecular complexity index is 725. The Morgan fingerprint density at radius 3 is 2.68 bits per heavy atom. The van der Waals surface area contributed by atoms with Gasteiger partial charge < -0.3 is 14.9 Å². The Hall–Kier alpha value is -1.83. The van der Waals surface area contributed by atoms with E-state index in [9.17, 15) is 8.42 Å². The monoisotopic (exact) mass is 324 g/mol. The molecule has 0 saturated heterocycles. The van der Waals surface area contributed by atoms with E-state index in [0.717, 1.165) is 12.2 Å². The number of furan rings is 1. The lowest BCUT2D eigenvalue weighted by atomic mass is 10.2. The van der Waals surface area contributed by atoms with Gasteiger partial charge in [-0.3, -0.25) is 0 Å². The van der Waals surface area contributed by atoms with Crippen molar-refractivity contribution in [1.29, 1.82) is 0 Å². The minimum Gasteiger partial charge on any atom is -0.464 e. The summed E-state index contributed by atoms with van der Waals surface area (Å²) in [6.45, 7) is 2.13. The molecule has 120 valence electrons. The van der Waals surface area contributed by atoms with Crippen LogP contribution in [0.15, 0.2) is 45.7 Å². The van der Waals surface area contributed by atoms with Gasteiger partial charge in [0.25, 0.3) is 0 Å². The number of hydrogen-bond donors (Lipinski definition) is 2. The van der Waals surface area contributed by atoms with Crippen LogP contribution in [-0.4, -0.2) is 22.1 Å². The first-order chi connectivity index (χ1) is 10.5. The average molecular weight is 324 g/mol. The first kappa shape index (κ1) is 16.5. The highest BCUT2D eigenvalue weighted by molar-refractivity contribution is 7.89. The topological polar surface area (TPSA) is 94.6 Å². The molecule has 1 unspecified atom stereocenters. The lowest BCUT2D eigenvalue weighted by molar-refractivity contribution is 0.166. The molecule has 1 aromatic heterocycles. The number of nitrogens with two attached hydrogens (primary N) is 1. The predicted molar refractivity (Wildman–Crippen MR) is 83.9 cm³/mol. The Morgan fingerprint density at radius 2 is 2.09 bits per heavy atom. The van der Waals surface area contributed by atoms with Crippen molar-refractivity contribution in [3.05, 3.63) is 47.9 Å². The molecule has 1 heterocycles. The molecular weight excluding hydrogens is 304 g/mol. The molecule has 2 rings (SSSR count). The average Bonchev–Trinajstić information content (AvgIpc) is 2.95. The van der Waals surface area contributed by atoms with Crippen LogP contribution in [0, 0.1) is 0 Å². The molecule has 6 nitrogen and oxygen atoms in total. The number of ether oxygens (including phenoxy) is 1. The summed E-state index contributed by atoms with van der Waals surface area (Å²) in [6.07, 6.45) is 0.738. The smallest absolute Gasteiger partial charge is 0.241 e. The molecule has 1 atom stereocenters. The van der Waals surface area contributed by atoms with Crippen molar-refractivity contribution in [3.63, 3.8) is 0 Å². The van der Waals surface area contributed by atoms with E-state index in [-0.39, 0.29) is 11.5 Å². The first-order valence-electron chi connectivity index (χ1n) is 6.91. The third-order valence-corrected chi connectivity index (χ3v) is 4.64. The van der Waals surface area contributed by atoms with Crippen LogP contribution in [0.2, 0.25) is 0 Å². The van der Waals surface area contributed by atoms with Gasteiger partial charge in [-0.1, -0.05) is 13.0 Å². The van der Waals surface area contributed by atoms with Crippen molar-refractivity contribution in [2.24, 2.45) is 0 Å². The lowest BCUT2D eigenvalue weighted by Gasteiger charge is -2.16. The van der Waals surface area contributed by atoms with Gasteiger partial charge in [-0.2, -0.15) is 4.72 Å². The number of hydrogen-bond acceptors (Lipinski definition) is 5. The molecule has 0 aliphatic carbocycles. The van der Waals surface area contributed by atoms with Gasteiger partial charge in [-0.25, -0.2) is 8.42 Å². The molecule has 22 heavy (non-hydrogen) atoms. The molecule has 1 aromatic carbocycles. The molecule has 3 N–H and O–H groups in total. The third kappa shape index (κ3) is 3.88. The fraction of sp³-hybridized carbons (Fsp3) is 0.333. The first-order valence-corrected chi connectivity index (χ1v) is 8.40. The highest BCUT2D eigenvalue weighted by Crippen LogP contribution is 2.21. The number of methoxy groups -OCH3 is 1. The Morgan fingerprint density at radius 1 is 1.32 bits per heavy atom. The van der Waals surface area contributed by atoms with Crippen LogP contribution in [-0.2, 0) is 21.2 Å². The second kappa shape index (κ2) is 6.95. The standard InChI is InChI=1S/C15H20N2O4S/c1-3-12-7-8-15(21-12)14(10-20-2)17-22(18,19)13-6-4-5-11(16)9-13/h4-9,14,17H,3,10,16H2,1-2H3. The van der Waals surface area contributed by atoms with Gasteiger partial charge in [0.15, 0.2) is 0 Å². The normalized spacial score (nSPS) is 13.2. The largest absolute Gasteiger partial charge is 0.464 e. The highest BCUT2D eigenvalue weighted by atomic mass is 32.2. The lowest BCUT2D eigenvalue weighted by Crippen LogP contribution is -2.31. The molecule has 0 saturated carbocycles. The maximum absolute atomic E-state index is 12.5. The van der Waals surface area contributed by atoms with Gasteiger partial charge in [0.2, 0.25) is 10.0 Å². The Kier molecular flexibility index (Phi) is 5.23. The number of sulfonamides is 1. The molecule has 0 aliphatic rings. The van der Waals surface area contributed by atoms with Crippen molar-refractivity contribution in [1.82, 2.24) is 4.72 Å². The summed E-state index contributed by atoms with van der Waals surface area (Å²) in [5.74, 6) is 1.31. The molecular formula is C15H20N2O4S. The minimum atomic E-state index is -3.72. The SMILES string of the molecule is CCc1ccc(C(COC)NS(=O)(=O)c2cccc(N)c2)o1. The van der Waals surface area contributed by atoms with Crippen molar-refractivity contribution in [3.8, 4) is 0 Å². The van der Waals surface area contributed by atoms with Crippen LogP contribution in [0.3, 0.4) is 0 Å². The van der Waals surface area contributed by atoms with Gasteiger partial charge in [0.05, 0.1) is 11.5 Å². The fourth-order valence-corrected chi connectivity index (χ4v) is 3.29. The second-order valence-corrected chi connectivity index (χ2v) is 6.57. The van der Waals surface area contributed by atoms with Crippen LogP contribution in [0.1, 0.15) is 24.5 Å². The minimum absolute atomic E-state index is 0.107. The number of benzene rings is 1. The zero-order valence-corrected chi connectivity index (χ0v) is 13.4. The third-order valence-electron chi connectivity index (χ3n) is 3.17. The molecule has 2 aromatic rings. The predicted octanol–water partition coefficient (Wildman–Crippen LogP) is 2.09. The van der Waals surface area contributed by atoms with E-state index in [1.807, 2.05) is 13.0 Å². The van der Waals surface area contributed by atoms with Crippen LogP contribution >= 0.6 is 0 Å². The van der Waals surface area contributed by atoms with Gasteiger partial charge >= 0.3 is 0 Å². The van der Waals surface area contributed by atoms with E-state index in [0.29, 0.717) is 11.4 Å². The Labute approximate surface area is 130 Å². The van der Waals surface area contributed by atoms with Crippen LogP contribution in [0.4, 0.5) is 5.69 Å². The summed E-state index contributed by atoms with van der Waals surface area (Å²) >= 11 is 0. The van der Waals surface area contributed by atoms with Gasteiger partial charge in [-0.15, -0.1) is 0 Å². The molecule has 0 amide bonds. The zero-order valence-electron chi connectivity index (χ0n) is 12.6. The number of anilines is 1. The van der Waals surface area contributed by atoms with E-state index >= 15 is 0 Å². The summed E-state index contributed by atoms with van der Waals surface area (Å²) in [6, 6.07) is 9.10. The number of aryl methyl sites for hydroxylation is 1. The fourth-order valence-electron chi connectivity index (χ4n) is 2.05. The van der Waals surface area contributed by atoms with Crippen LogP contribution in [0.5, 0.6) is 0 Å². The maximum Gasteiger partial charge on any atom is 0.241 e. The molecule has 0 spiro atoms. The summed E-state index contributed by atoms with van der Waals surface area (Å²) < 4.78 is 38.2. The summed E-state index contributed by atoms with van der Waals surface area (Å²) in [4.78, 5) is 0.107. The van der Waals surface area contributed by atoms with Crippen molar-refractivity contribution >= 4 is 15.7 Å². The quantitative estimate of drug-likeness (QED) is 0.761. The van der Waals surface area contributed by atoms with Gasteiger partial charge in [-0.05, 0) is 30.3 Å². The van der Waals surface area contributed by atoms with E-state index in [2.05, 4.69) is 4.72 Å². The van der Waals surface area contributed by atoms with Gasteiger partial charge in [0, 0.05) is 19.2 Å². The molecule has 0 radical (unpaired) electrons. The van der Waals surface area contributed by atoms with Crippen molar-refractivity contribution < 1.29 is 17.6 Å². The highest BCUT2D eigenvalue weighted by Gasteiger charge is 2.24. The number of nitrogen functional groups attached to an aromatic ring is 1. The van der Waals surface area contributed by atoms with Crippen LogP contribution < -0.4 is 10.5 Å². The molecule has 0 fully saturated rings. The van der Waals surface area contributed by atoms with E-state index in [1.165, 1.54) is 19.2 Å². The number of nitrogens with one attached hydrogen (secondary N) is 1. The van der Waals surface area contributed by atoms with Crippen molar-refractivity contribution in [2.45, 2.75) is 24.3 Å². The zero-order chi connectivity index (χ0) is 16.2. The number of rotatable bonds is 7. The molecule has 0 bridgehead atoms.